The van der Waals surface area contributed by atoms with Crippen molar-refractivity contribution in [2.45, 2.75) is 31.8 Å². The second-order valence-electron chi connectivity index (χ2n) is 6.69. The van der Waals surface area contributed by atoms with Crippen molar-refractivity contribution in [2.75, 3.05) is 13.7 Å². The zero-order valence-corrected chi connectivity index (χ0v) is 15.6. The molecular formula is C21H22F2N2O3. The zero-order chi connectivity index (χ0) is 20.1. The number of carbonyl (C=O) groups excluding carboxylic acids is 2. The molecule has 0 atom stereocenters. The van der Waals surface area contributed by atoms with Crippen LogP contribution in [0.15, 0.2) is 42.5 Å². The van der Waals surface area contributed by atoms with E-state index in [1.54, 1.807) is 12.0 Å². The summed E-state index contributed by atoms with van der Waals surface area (Å²) in [6.07, 6.45) is 2.00. The third-order valence-corrected chi connectivity index (χ3v) is 4.64. The molecule has 0 heterocycles. The third-order valence-electron chi connectivity index (χ3n) is 4.64. The number of halogens is 2. The Morgan fingerprint density at radius 2 is 1.93 bits per heavy atom. The molecule has 2 amide bonds. The van der Waals surface area contributed by atoms with Gasteiger partial charge in [-0.3, -0.25) is 9.59 Å². The van der Waals surface area contributed by atoms with E-state index in [9.17, 15) is 18.4 Å². The molecule has 1 aliphatic carbocycles. The first-order valence-electron chi connectivity index (χ1n) is 9.14. The third kappa shape index (κ3) is 4.85. The molecular weight excluding hydrogens is 366 g/mol. The Balaban J connectivity index is 1.57. The van der Waals surface area contributed by atoms with E-state index in [-0.39, 0.29) is 30.5 Å². The molecule has 1 saturated carbocycles. The quantitative estimate of drug-likeness (QED) is 0.755. The molecule has 0 radical (unpaired) electrons. The van der Waals surface area contributed by atoms with Crippen molar-refractivity contribution < 1.29 is 23.1 Å². The molecule has 28 heavy (non-hydrogen) atoms. The largest absolute Gasteiger partial charge is 0.496 e. The summed E-state index contributed by atoms with van der Waals surface area (Å²) in [7, 11) is 1.59. The Kier molecular flexibility index (Phi) is 6.23. The molecule has 5 nitrogen and oxygen atoms in total. The van der Waals surface area contributed by atoms with Crippen LogP contribution in [0.1, 0.15) is 35.2 Å². The van der Waals surface area contributed by atoms with Crippen molar-refractivity contribution in [3.05, 3.63) is 65.2 Å². The summed E-state index contributed by atoms with van der Waals surface area (Å²) < 4.78 is 31.9. The number of benzene rings is 2. The van der Waals surface area contributed by atoms with Gasteiger partial charge in [-0.15, -0.1) is 0 Å². The maximum atomic E-state index is 13.7. The van der Waals surface area contributed by atoms with Gasteiger partial charge in [0.1, 0.15) is 17.4 Å². The molecule has 148 valence electrons. The number of ether oxygens (including phenoxy) is 1. The summed E-state index contributed by atoms with van der Waals surface area (Å²) in [4.78, 5) is 26.5. The van der Waals surface area contributed by atoms with E-state index in [0.29, 0.717) is 12.6 Å². The van der Waals surface area contributed by atoms with Crippen molar-refractivity contribution in [1.29, 1.82) is 0 Å². The molecule has 3 rings (SSSR count). The molecule has 0 aromatic heterocycles. The van der Waals surface area contributed by atoms with Crippen LogP contribution in [-0.2, 0) is 11.3 Å². The van der Waals surface area contributed by atoms with Gasteiger partial charge in [-0.2, -0.15) is 0 Å². The van der Waals surface area contributed by atoms with Crippen LogP contribution in [0, 0.1) is 11.6 Å². The Morgan fingerprint density at radius 1 is 1.18 bits per heavy atom. The van der Waals surface area contributed by atoms with E-state index < -0.39 is 17.5 Å². The minimum atomic E-state index is -0.931. The summed E-state index contributed by atoms with van der Waals surface area (Å²) in [6, 6.07) is 10.5. The minimum Gasteiger partial charge on any atom is -0.496 e. The molecule has 1 N–H and O–H groups in total. The van der Waals surface area contributed by atoms with Crippen molar-refractivity contribution in [3.8, 4) is 5.75 Å². The fourth-order valence-electron chi connectivity index (χ4n) is 3.02. The molecule has 7 heteroatoms. The lowest BCUT2D eigenvalue weighted by atomic mass is 10.1. The summed E-state index contributed by atoms with van der Waals surface area (Å²) in [5.41, 5.74) is 0.671. The van der Waals surface area contributed by atoms with Crippen LogP contribution < -0.4 is 10.1 Å². The highest BCUT2D eigenvalue weighted by Crippen LogP contribution is 2.30. The predicted octanol–water partition coefficient (Wildman–Crippen LogP) is 3.28. The average molecular weight is 388 g/mol. The number of hydrogen-bond acceptors (Lipinski definition) is 3. The molecule has 2 aromatic rings. The Hall–Kier alpha value is -2.96. The van der Waals surface area contributed by atoms with Crippen LogP contribution in [-0.4, -0.2) is 36.4 Å². The topological polar surface area (TPSA) is 58.6 Å². The van der Waals surface area contributed by atoms with Crippen LogP contribution in [0.25, 0.3) is 0 Å². The normalized spacial score (nSPS) is 13.1. The Bertz CT molecular complexity index is 868. The summed E-state index contributed by atoms with van der Waals surface area (Å²) >= 11 is 0. The van der Waals surface area contributed by atoms with E-state index in [2.05, 4.69) is 5.32 Å². The first-order chi connectivity index (χ1) is 13.5. The van der Waals surface area contributed by atoms with Crippen LogP contribution in [0.5, 0.6) is 5.75 Å². The van der Waals surface area contributed by atoms with Gasteiger partial charge < -0.3 is 15.0 Å². The highest BCUT2D eigenvalue weighted by molar-refractivity contribution is 5.94. The van der Waals surface area contributed by atoms with E-state index in [1.165, 1.54) is 0 Å². The van der Waals surface area contributed by atoms with E-state index in [4.69, 9.17) is 4.74 Å². The molecule has 0 aliphatic heterocycles. The molecule has 2 aromatic carbocycles. The lowest BCUT2D eigenvalue weighted by molar-refractivity contribution is -0.132. The number of para-hydroxylation sites is 1. The summed E-state index contributed by atoms with van der Waals surface area (Å²) in [5.74, 6) is -1.72. The van der Waals surface area contributed by atoms with E-state index >= 15 is 0 Å². The van der Waals surface area contributed by atoms with Crippen molar-refractivity contribution in [2.24, 2.45) is 0 Å². The average Bonchev–Trinajstić information content (AvgIpc) is 3.51. The first kappa shape index (κ1) is 19.8. The maximum Gasteiger partial charge on any atom is 0.254 e. The van der Waals surface area contributed by atoms with Gasteiger partial charge in [-0.05, 0) is 31.0 Å². The van der Waals surface area contributed by atoms with Crippen molar-refractivity contribution >= 4 is 11.8 Å². The van der Waals surface area contributed by atoms with Gasteiger partial charge in [-0.25, -0.2) is 8.78 Å². The number of nitrogens with one attached hydrogen (secondary N) is 1. The SMILES string of the molecule is COc1ccccc1CN(C(=O)CCNC(=O)c1ccc(F)cc1F)C1CC1. The molecule has 0 unspecified atom stereocenters. The van der Waals surface area contributed by atoms with Crippen LogP contribution >= 0.6 is 0 Å². The van der Waals surface area contributed by atoms with Crippen molar-refractivity contribution in [3.63, 3.8) is 0 Å². The standard InChI is InChI=1S/C21H22F2N2O3/c1-28-19-5-3-2-4-14(19)13-25(16-7-8-16)20(26)10-11-24-21(27)17-9-6-15(22)12-18(17)23/h2-6,9,12,16H,7-8,10-11,13H2,1H3,(H,24,27). The second-order valence-corrected chi connectivity index (χ2v) is 6.69. The monoisotopic (exact) mass is 388 g/mol. The molecule has 0 bridgehead atoms. The number of carbonyl (C=O) groups is 2. The predicted molar refractivity (Wildman–Crippen MR) is 99.9 cm³/mol. The van der Waals surface area contributed by atoms with Gasteiger partial charge in [0.15, 0.2) is 0 Å². The molecule has 1 aliphatic rings. The smallest absolute Gasteiger partial charge is 0.254 e. The number of rotatable bonds is 8. The van der Waals surface area contributed by atoms with Gasteiger partial charge in [0.05, 0.1) is 12.7 Å². The molecule has 1 fully saturated rings. The van der Waals surface area contributed by atoms with Crippen LogP contribution in [0.4, 0.5) is 8.78 Å². The highest BCUT2D eigenvalue weighted by atomic mass is 19.1. The minimum absolute atomic E-state index is 0.0730. The van der Waals surface area contributed by atoms with Crippen LogP contribution in [0.2, 0.25) is 0 Å². The summed E-state index contributed by atoms with van der Waals surface area (Å²) in [5, 5.41) is 2.52. The lowest BCUT2D eigenvalue weighted by Crippen LogP contribution is -2.36. The molecule has 0 spiro atoms. The Morgan fingerprint density at radius 3 is 2.61 bits per heavy atom. The van der Waals surface area contributed by atoms with Gasteiger partial charge in [-0.1, -0.05) is 18.2 Å². The van der Waals surface area contributed by atoms with E-state index in [0.717, 1.165) is 36.3 Å². The van der Waals surface area contributed by atoms with Gasteiger partial charge in [0.2, 0.25) is 5.91 Å². The van der Waals surface area contributed by atoms with Crippen molar-refractivity contribution in [1.82, 2.24) is 10.2 Å². The number of amides is 2. The maximum absolute atomic E-state index is 13.7. The fraction of sp³-hybridized carbons (Fsp3) is 0.333. The summed E-state index contributed by atoms with van der Waals surface area (Å²) in [6.45, 7) is 0.512. The van der Waals surface area contributed by atoms with Crippen LogP contribution in [0.3, 0.4) is 0 Å². The van der Waals surface area contributed by atoms with Gasteiger partial charge in [0.25, 0.3) is 5.91 Å². The highest BCUT2D eigenvalue weighted by Gasteiger charge is 2.32. The van der Waals surface area contributed by atoms with Gasteiger partial charge >= 0.3 is 0 Å². The number of methoxy groups -OCH3 is 1. The first-order valence-corrected chi connectivity index (χ1v) is 9.14. The number of nitrogens with zero attached hydrogens (tertiary/aromatic N) is 1. The fourth-order valence-corrected chi connectivity index (χ4v) is 3.02. The van der Waals surface area contributed by atoms with E-state index in [1.807, 2.05) is 24.3 Å². The second kappa shape index (κ2) is 8.82. The van der Waals surface area contributed by atoms with Gasteiger partial charge in [0, 0.05) is 37.2 Å². The lowest BCUT2D eigenvalue weighted by Gasteiger charge is -2.23. The zero-order valence-electron chi connectivity index (χ0n) is 15.6. The number of hydrogen-bond donors (Lipinski definition) is 1. The molecule has 0 saturated heterocycles. The Labute approximate surface area is 162 Å².